The van der Waals surface area contributed by atoms with E-state index < -0.39 is 5.60 Å². The van der Waals surface area contributed by atoms with Crippen LogP contribution in [-0.2, 0) is 9.47 Å². The van der Waals surface area contributed by atoms with E-state index in [1.807, 2.05) is 20.8 Å². The highest BCUT2D eigenvalue weighted by atomic mass is 16.6. The molecular formula is C14H26N2O3. The van der Waals surface area contributed by atoms with E-state index in [4.69, 9.17) is 15.2 Å². The molecule has 2 N–H and O–H groups in total. The number of nitrogens with two attached hydrogens (primary N) is 1. The van der Waals surface area contributed by atoms with Crippen LogP contribution >= 0.6 is 0 Å². The van der Waals surface area contributed by atoms with E-state index in [2.05, 4.69) is 0 Å². The van der Waals surface area contributed by atoms with Gasteiger partial charge in [0.2, 0.25) is 0 Å². The smallest absolute Gasteiger partial charge is 0.410 e. The summed E-state index contributed by atoms with van der Waals surface area (Å²) in [5.41, 5.74) is 6.05. The fourth-order valence-corrected chi connectivity index (χ4v) is 2.96. The van der Waals surface area contributed by atoms with Crippen molar-refractivity contribution in [3.05, 3.63) is 0 Å². The maximum atomic E-state index is 12.1. The molecule has 0 aromatic heterocycles. The molecule has 5 heteroatoms. The van der Waals surface area contributed by atoms with Crippen LogP contribution < -0.4 is 5.73 Å². The summed E-state index contributed by atoms with van der Waals surface area (Å²) in [6.07, 6.45) is 2.73. The molecular weight excluding hydrogens is 244 g/mol. The average molecular weight is 270 g/mol. The predicted octanol–water partition coefficient (Wildman–Crippen LogP) is 1.75. The fraction of sp³-hybridized carbons (Fsp3) is 0.929. The van der Waals surface area contributed by atoms with E-state index in [0.717, 1.165) is 39.0 Å². The molecule has 1 atom stereocenters. The van der Waals surface area contributed by atoms with Crippen LogP contribution in [0.1, 0.15) is 40.0 Å². The summed E-state index contributed by atoms with van der Waals surface area (Å²) in [6.45, 7) is 8.57. The second-order valence-electron chi connectivity index (χ2n) is 6.76. The number of carbonyl (C=O) groups is 1. The van der Waals surface area contributed by atoms with Crippen LogP contribution in [0.2, 0.25) is 0 Å². The van der Waals surface area contributed by atoms with E-state index >= 15 is 0 Å². The highest BCUT2D eigenvalue weighted by molar-refractivity contribution is 5.68. The third kappa shape index (κ3) is 3.39. The Labute approximate surface area is 115 Å². The van der Waals surface area contributed by atoms with Gasteiger partial charge >= 0.3 is 6.09 Å². The molecule has 1 amide bonds. The monoisotopic (exact) mass is 270 g/mol. The van der Waals surface area contributed by atoms with E-state index in [-0.39, 0.29) is 17.6 Å². The quantitative estimate of drug-likeness (QED) is 0.728. The minimum Gasteiger partial charge on any atom is -0.444 e. The molecule has 0 saturated carbocycles. The first-order valence-electron chi connectivity index (χ1n) is 7.14. The van der Waals surface area contributed by atoms with E-state index in [9.17, 15) is 4.79 Å². The number of amides is 1. The molecule has 0 aromatic rings. The Morgan fingerprint density at radius 1 is 1.32 bits per heavy atom. The van der Waals surface area contributed by atoms with Gasteiger partial charge in [-0.1, -0.05) is 0 Å². The van der Waals surface area contributed by atoms with Crippen LogP contribution in [0.15, 0.2) is 0 Å². The lowest BCUT2D eigenvalue weighted by Gasteiger charge is -2.48. The summed E-state index contributed by atoms with van der Waals surface area (Å²) >= 11 is 0. The van der Waals surface area contributed by atoms with E-state index in [0.29, 0.717) is 6.54 Å². The lowest BCUT2D eigenvalue weighted by molar-refractivity contribution is -0.0398. The molecule has 0 radical (unpaired) electrons. The number of rotatable bonds is 0. The predicted molar refractivity (Wildman–Crippen MR) is 72.9 cm³/mol. The van der Waals surface area contributed by atoms with Crippen LogP contribution in [0.3, 0.4) is 0 Å². The lowest BCUT2D eigenvalue weighted by Crippen LogP contribution is -2.58. The number of hydrogen-bond acceptors (Lipinski definition) is 4. The van der Waals surface area contributed by atoms with E-state index in [1.165, 1.54) is 0 Å². The SMILES string of the molecule is CC(C)(C)OC(=O)N1CCC2(CCOCC2)C(N)C1. The first kappa shape index (κ1) is 14.6. The van der Waals surface area contributed by atoms with Gasteiger partial charge in [-0.25, -0.2) is 4.79 Å². The minimum atomic E-state index is -0.449. The Kier molecular flexibility index (Phi) is 4.06. The van der Waals surface area contributed by atoms with Gasteiger partial charge in [0.25, 0.3) is 0 Å². The van der Waals surface area contributed by atoms with Crippen molar-refractivity contribution in [2.24, 2.45) is 11.1 Å². The summed E-state index contributed by atoms with van der Waals surface area (Å²) in [5, 5.41) is 0. The van der Waals surface area contributed by atoms with Crippen LogP contribution in [0.4, 0.5) is 4.79 Å². The molecule has 110 valence electrons. The maximum absolute atomic E-state index is 12.1. The summed E-state index contributed by atoms with van der Waals surface area (Å²) in [6, 6.07) is 0.0256. The Bertz CT molecular complexity index is 332. The van der Waals surface area contributed by atoms with Gasteiger partial charge in [-0.3, -0.25) is 0 Å². The highest BCUT2D eigenvalue weighted by Gasteiger charge is 2.43. The minimum absolute atomic E-state index is 0.0256. The molecule has 0 aromatic carbocycles. The Balaban J connectivity index is 1.94. The fourth-order valence-electron chi connectivity index (χ4n) is 2.96. The van der Waals surface area contributed by atoms with Gasteiger partial charge in [0, 0.05) is 32.3 Å². The summed E-state index contributed by atoms with van der Waals surface area (Å²) < 4.78 is 10.8. The second-order valence-corrected chi connectivity index (χ2v) is 6.76. The van der Waals surface area contributed by atoms with Crippen molar-refractivity contribution in [1.29, 1.82) is 0 Å². The average Bonchev–Trinajstić information content (AvgIpc) is 2.32. The molecule has 0 bridgehead atoms. The van der Waals surface area contributed by atoms with Gasteiger partial charge in [-0.15, -0.1) is 0 Å². The number of nitrogens with zero attached hydrogens (tertiary/aromatic N) is 1. The van der Waals surface area contributed by atoms with Crippen molar-refractivity contribution < 1.29 is 14.3 Å². The lowest BCUT2D eigenvalue weighted by atomic mass is 9.69. The molecule has 2 saturated heterocycles. The standard InChI is InChI=1S/C14H26N2O3/c1-13(2,3)19-12(17)16-7-4-14(11(15)10-16)5-8-18-9-6-14/h11H,4-10,15H2,1-3H3. The molecule has 1 unspecified atom stereocenters. The van der Waals surface area contributed by atoms with Gasteiger partial charge in [-0.05, 0) is 45.4 Å². The zero-order valence-electron chi connectivity index (χ0n) is 12.3. The molecule has 2 aliphatic rings. The van der Waals surface area contributed by atoms with Crippen LogP contribution in [-0.4, -0.2) is 48.9 Å². The van der Waals surface area contributed by atoms with Gasteiger partial charge in [0.1, 0.15) is 5.60 Å². The molecule has 2 fully saturated rings. The van der Waals surface area contributed by atoms with Crippen molar-refractivity contribution in [2.75, 3.05) is 26.3 Å². The summed E-state index contributed by atoms with van der Waals surface area (Å²) in [7, 11) is 0. The molecule has 0 aliphatic carbocycles. The number of likely N-dealkylation sites (tertiary alicyclic amines) is 1. The maximum Gasteiger partial charge on any atom is 0.410 e. The van der Waals surface area contributed by atoms with Crippen LogP contribution in [0.25, 0.3) is 0 Å². The topological polar surface area (TPSA) is 64.8 Å². The molecule has 1 spiro atoms. The van der Waals surface area contributed by atoms with Crippen molar-refractivity contribution in [3.8, 4) is 0 Å². The van der Waals surface area contributed by atoms with Gasteiger partial charge < -0.3 is 20.1 Å². The van der Waals surface area contributed by atoms with Gasteiger partial charge in [-0.2, -0.15) is 0 Å². The summed E-state index contributed by atoms with van der Waals surface area (Å²) in [4.78, 5) is 13.8. The van der Waals surface area contributed by atoms with Crippen molar-refractivity contribution in [2.45, 2.75) is 51.7 Å². The molecule has 19 heavy (non-hydrogen) atoms. The zero-order valence-corrected chi connectivity index (χ0v) is 12.3. The van der Waals surface area contributed by atoms with Crippen LogP contribution in [0.5, 0.6) is 0 Å². The Hall–Kier alpha value is -0.810. The molecule has 2 heterocycles. The van der Waals surface area contributed by atoms with Crippen molar-refractivity contribution >= 4 is 6.09 Å². The molecule has 2 aliphatic heterocycles. The van der Waals surface area contributed by atoms with E-state index in [1.54, 1.807) is 4.90 Å². The number of carbonyl (C=O) groups excluding carboxylic acids is 1. The van der Waals surface area contributed by atoms with Crippen LogP contribution in [0, 0.1) is 5.41 Å². The normalized spacial score (nSPS) is 27.4. The number of ether oxygens (including phenoxy) is 2. The zero-order chi connectivity index (χ0) is 14.1. The third-order valence-electron chi connectivity index (χ3n) is 4.22. The van der Waals surface area contributed by atoms with Crippen molar-refractivity contribution in [3.63, 3.8) is 0 Å². The Morgan fingerprint density at radius 3 is 2.47 bits per heavy atom. The number of piperidine rings is 1. The van der Waals surface area contributed by atoms with Crippen molar-refractivity contribution in [1.82, 2.24) is 4.90 Å². The summed E-state index contributed by atoms with van der Waals surface area (Å²) in [5.74, 6) is 0. The molecule has 2 rings (SSSR count). The second kappa shape index (κ2) is 5.29. The highest BCUT2D eigenvalue weighted by Crippen LogP contribution is 2.40. The largest absolute Gasteiger partial charge is 0.444 e. The first-order valence-corrected chi connectivity index (χ1v) is 7.14. The van der Waals surface area contributed by atoms with Gasteiger partial charge in [0.15, 0.2) is 0 Å². The first-order chi connectivity index (χ1) is 8.82. The number of hydrogen-bond donors (Lipinski definition) is 1. The van der Waals surface area contributed by atoms with Gasteiger partial charge in [0.05, 0.1) is 0 Å². The Morgan fingerprint density at radius 2 is 1.95 bits per heavy atom. The molecule has 5 nitrogen and oxygen atoms in total. The third-order valence-corrected chi connectivity index (χ3v) is 4.22.